The number of hydrogen-bond donors (Lipinski definition) is 1. The van der Waals surface area contributed by atoms with Gasteiger partial charge in [0, 0.05) is 0 Å². The molecule has 1 aliphatic heterocycles. The number of benzene rings is 1. The molecule has 0 spiro atoms. The standard InChI is InChI=1S/C14H21NOS/c15-8-2-4-12-3-1-5-14(11-12)16-13-6-9-17-10-7-13/h1,3,5,11,13H,2,4,6-10,15H2. The Morgan fingerprint density at radius 3 is 2.88 bits per heavy atom. The molecule has 0 unspecified atom stereocenters. The second-order valence-electron chi connectivity index (χ2n) is 4.47. The van der Waals surface area contributed by atoms with E-state index in [1.54, 1.807) is 0 Å². The van der Waals surface area contributed by atoms with Gasteiger partial charge in [-0.3, -0.25) is 0 Å². The van der Waals surface area contributed by atoms with E-state index in [1.165, 1.54) is 29.9 Å². The smallest absolute Gasteiger partial charge is 0.119 e. The number of thioether (sulfide) groups is 1. The van der Waals surface area contributed by atoms with E-state index in [2.05, 4.69) is 24.3 Å². The molecule has 0 atom stereocenters. The second-order valence-corrected chi connectivity index (χ2v) is 5.69. The first-order chi connectivity index (χ1) is 8.38. The Hall–Kier alpha value is -0.670. The van der Waals surface area contributed by atoms with E-state index in [-0.39, 0.29) is 0 Å². The molecule has 2 nitrogen and oxygen atoms in total. The number of nitrogens with two attached hydrogens (primary N) is 1. The molecule has 1 fully saturated rings. The van der Waals surface area contributed by atoms with Crippen molar-refractivity contribution < 1.29 is 4.74 Å². The highest BCUT2D eigenvalue weighted by Gasteiger charge is 2.14. The molecule has 1 aliphatic rings. The van der Waals surface area contributed by atoms with Crippen LogP contribution in [0.5, 0.6) is 5.75 Å². The lowest BCUT2D eigenvalue weighted by Crippen LogP contribution is -2.22. The zero-order valence-electron chi connectivity index (χ0n) is 10.2. The van der Waals surface area contributed by atoms with Gasteiger partial charge < -0.3 is 10.5 Å². The summed E-state index contributed by atoms with van der Waals surface area (Å²) in [5, 5.41) is 0. The molecule has 1 aromatic rings. The Morgan fingerprint density at radius 1 is 1.29 bits per heavy atom. The summed E-state index contributed by atoms with van der Waals surface area (Å²) in [6.45, 7) is 0.755. The first-order valence-corrected chi connectivity index (χ1v) is 7.57. The summed E-state index contributed by atoms with van der Waals surface area (Å²) >= 11 is 2.03. The number of rotatable bonds is 5. The fourth-order valence-electron chi connectivity index (χ4n) is 2.07. The average molecular weight is 251 g/mol. The Morgan fingerprint density at radius 2 is 2.12 bits per heavy atom. The molecule has 1 heterocycles. The van der Waals surface area contributed by atoms with Crippen LogP contribution >= 0.6 is 11.8 Å². The maximum atomic E-state index is 6.03. The molecule has 2 rings (SSSR count). The van der Waals surface area contributed by atoms with Crippen molar-refractivity contribution in [2.75, 3.05) is 18.1 Å². The summed E-state index contributed by atoms with van der Waals surface area (Å²) in [4.78, 5) is 0. The quantitative estimate of drug-likeness (QED) is 0.874. The number of ether oxygens (including phenoxy) is 1. The Balaban J connectivity index is 1.90. The molecule has 1 saturated heterocycles. The van der Waals surface area contributed by atoms with Crippen molar-refractivity contribution >= 4 is 11.8 Å². The lowest BCUT2D eigenvalue weighted by molar-refractivity contribution is 0.192. The van der Waals surface area contributed by atoms with E-state index in [0.29, 0.717) is 6.10 Å². The molecule has 0 aliphatic carbocycles. The third kappa shape index (κ3) is 4.25. The topological polar surface area (TPSA) is 35.2 Å². The fourth-order valence-corrected chi connectivity index (χ4v) is 3.13. The van der Waals surface area contributed by atoms with Crippen molar-refractivity contribution in [3.05, 3.63) is 29.8 Å². The van der Waals surface area contributed by atoms with Crippen molar-refractivity contribution in [1.82, 2.24) is 0 Å². The molecule has 0 bridgehead atoms. The van der Waals surface area contributed by atoms with Crippen LogP contribution in [0.15, 0.2) is 24.3 Å². The van der Waals surface area contributed by atoms with Crippen LogP contribution < -0.4 is 10.5 Å². The maximum absolute atomic E-state index is 6.03. The maximum Gasteiger partial charge on any atom is 0.119 e. The Bertz CT molecular complexity index is 337. The van der Waals surface area contributed by atoms with Crippen LogP contribution in [-0.2, 0) is 6.42 Å². The van der Waals surface area contributed by atoms with Gasteiger partial charge in [0.2, 0.25) is 0 Å². The molecule has 0 amide bonds. The van der Waals surface area contributed by atoms with E-state index in [1.807, 2.05) is 11.8 Å². The molecule has 2 N–H and O–H groups in total. The average Bonchev–Trinajstić information content (AvgIpc) is 2.38. The highest BCUT2D eigenvalue weighted by molar-refractivity contribution is 7.99. The Kier molecular flexibility index (Phi) is 5.20. The zero-order chi connectivity index (χ0) is 11.9. The van der Waals surface area contributed by atoms with Gasteiger partial charge in [0.15, 0.2) is 0 Å². The van der Waals surface area contributed by atoms with Crippen molar-refractivity contribution in [3.63, 3.8) is 0 Å². The van der Waals surface area contributed by atoms with E-state index in [9.17, 15) is 0 Å². The van der Waals surface area contributed by atoms with Gasteiger partial charge in [0.05, 0.1) is 0 Å². The summed E-state index contributed by atoms with van der Waals surface area (Å²) in [7, 11) is 0. The first-order valence-electron chi connectivity index (χ1n) is 6.42. The van der Waals surface area contributed by atoms with Gasteiger partial charge in [-0.25, -0.2) is 0 Å². The van der Waals surface area contributed by atoms with Crippen LogP contribution in [0.1, 0.15) is 24.8 Å². The van der Waals surface area contributed by atoms with Gasteiger partial charge in [-0.15, -0.1) is 0 Å². The predicted octanol–water partition coefficient (Wildman–Crippen LogP) is 2.85. The van der Waals surface area contributed by atoms with E-state index in [4.69, 9.17) is 10.5 Å². The van der Waals surface area contributed by atoms with Gasteiger partial charge >= 0.3 is 0 Å². The summed E-state index contributed by atoms with van der Waals surface area (Å²) in [5.41, 5.74) is 6.86. The normalized spacial score (nSPS) is 17.0. The molecule has 0 radical (unpaired) electrons. The molecule has 3 heteroatoms. The molecule has 94 valence electrons. The van der Waals surface area contributed by atoms with Crippen molar-refractivity contribution in [3.8, 4) is 5.75 Å². The summed E-state index contributed by atoms with van der Waals surface area (Å²) < 4.78 is 6.03. The predicted molar refractivity (Wildman–Crippen MR) is 74.8 cm³/mol. The van der Waals surface area contributed by atoms with Gasteiger partial charge in [0.1, 0.15) is 11.9 Å². The van der Waals surface area contributed by atoms with Crippen molar-refractivity contribution in [2.24, 2.45) is 5.73 Å². The summed E-state index contributed by atoms with van der Waals surface area (Å²) in [6, 6.07) is 8.46. The third-order valence-corrected chi connectivity index (χ3v) is 4.09. The lowest BCUT2D eigenvalue weighted by atomic mass is 10.1. The minimum Gasteiger partial charge on any atom is -0.490 e. The van der Waals surface area contributed by atoms with Crippen LogP contribution in [0.3, 0.4) is 0 Å². The fraction of sp³-hybridized carbons (Fsp3) is 0.571. The van der Waals surface area contributed by atoms with Crippen molar-refractivity contribution in [1.29, 1.82) is 0 Å². The van der Waals surface area contributed by atoms with Crippen LogP contribution in [-0.4, -0.2) is 24.2 Å². The lowest BCUT2D eigenvalue weighted by Gasteiger charge is -2.23. The Labute approximate surface area is 108 Å². The molecular formula is C14H21NOS. The van der Waals surface area contributed by atoms with Crippen LogP contribution in [0.25, 0.3) is 0 Å². The number of hydrogen-bond acceptors (Lipinski definition) is 3. The van der Waals surface area contributed by atoms with Crippen LogP contribution in [0.2, 0.25) is 0 Å². The SMILES string of the molecule is NCCCc1cccc(OC2CCSCC2)c1. The molecular weight excluding hydrogens is 230 g/mol. The highest BCUT2D eigenvalue weighted by Crippen LogP contribution is 2.23. The van der Waals surface area contributed by atoms with Gasteiger partial charge in [-0.05, 0) is 61.4 Å². The summed E-state index contributed by atoms with van der Waals surface area (Å²) in [5.74, 6) is 3.49. The second kappa shape index (κ2) is 6.92. The number of aryl methyl sites for hydroxylation is 1. The van der Waals surface area contributed by atoms with Crippen LogP contribution in [0.4, 0.5) is 0 Å². The van der Waals surface area contributed by atoms with E-state index in [0.717, 1.165) is 25.1 Å². The molecule has 0 aromatic heterocycles. The largest absolute Gasteiger partial charge is 0.490 e. The van der Waals surface area contributed by atoms with Crippen molar-refractivity contribution in [2.45, 2.75) is 31.8 Å². The third-order valence-electron chi connectivity index (χ3n) is 3.04. The zero-order valence-corrected chi connectivity index (χ0v) is 11.0. The van der Waals surface area contributed by atoms with Crippen LogP contribution in [0, 0.1) is 0 Å². The highest BCUT2D eigenvalue weighted by atomic mass is 32.2. The van der Waals surface area contributed by atoms with E-state index < -0.39 is 0 Å². The molecule has 0 saturated carbocycles. The first kappa shape index (κ1) is 12.8. The molecule has 1 aromatic carbocycles. The van der Waals surface area contributed by atoms with Gasteiger partial charge in [-0.1, -0.05) is 12.1 Å². The minimum absolute atomic E-state index is 0.418. The summed E-state index contributed by atoms with van der Waals surface area (Å²) in [6.07, 6.45) is 4.87. The van der Waals surface area contributed by atoms with E-state index >= 15 is 0 Å². The molecule has 17 heavy (non-hydrogen) atoms. The minimum atomic E-state index is 0.418. The van der Waals surface area contributed by atoms with Gasteiger partial charge in [-0.2, -0.15) is 11.8 Å². The van der Waals surface area contributed by atoms with Gasteiger partial charge in [0.25, 0.3) is 0 Å². The monoisotopic (exact) mass is 251 g/mol.